The highest BCUT2D eigenvalue weighted by Gasteiger charge is 2.25. The lowest BCUT2D eigenvalue weighted by Gasteiger charge is -2.11. The Morgan fingerprint density at radius 1 is 1.03 bits per heavy atom. The second-order valence-corrected chi connectivity index (χ2v) is 6.90. The summed E-state index contributed by atoms with van der Waals surface area (Å²) >= 11 is 0. The van der Waals surface area contributed by atoms with Gasteiger partial charge in [0.25, 0.3) is 5.56 Å². The number of carbonyl (C=O) groups excluding carboxylic acids is 1. The van der Waals surface area contributed by atoms with Gasteiger partial charge in [-0.3, -0.25) is 4.79 Å². The second-order valence-electron chi connectivity index (χ2n) is 6.90. The molecule has 2 aromatic carbocycles. The number of esters is 1. The number of hydrogen-bond acceptors (Lipinski definition) is 4. The number of carbonyl (C=O) groups is 1. The summed E-state index contributed by atoms with van der Waals surface area (Å²) in [6.07, 6.45) is 4.23. The highest BCUT2D eigenvalue weighted by molar-refractivity contribution is 5.96. The van der Waals surface area contributed by atoms with Gasteiger partial charge in [0, 0.05) is 18.9 Å². The number of aromatic nitrogens is 3. The third-order valence-corrected chi connectivity index (χ3v) is 4.97. The number of pyridine rings is 1. The van der Waals surface area contributed by atoms with Crippen LogP contribution in [-0.4, -0.2) is 27.4 Å². The molecule has 0 radical (unpaired) electrons. The van der Waals surface area contributed by atoms with Crippen molar-refractivity contribution in [3.05, 3.63) is 94.0 Å². The number of benzene rings is 2. The Labute approximate surface area is 168 Å². The van der Waals surface area contributed by atoms with Crippen LogP contribution in [0.3, 0.4) is 0 Å². The third kappa shape index (κ3) is 3.57. The average molecular weight is 387 g/mol. The number of nitrogens with zero attached hydrogens (tertiary/aromatic N) is 3. The number of para-hydroxylation sites is 1. The minimum absolute atomic E-state index is 0.256. The Kier molecular flexibility index (Phi) is 4.99. The van der Waals surface area contributed by atoms with E-state index in [0.29, 0.717) is 23.5 Å². The highest BCUT2D eigenvalue weighted by Crippen LogP contribution is 2.24. The van der Waals surface area contributed by atoms with Gasteiger partial charge in [-0.25, -0.2) is 4.79 Å². The molecule has 0 saturated heterocycles. The molecule has 0 N–H and O–H groups in total. The van der Waals surface area contributed by atoms with Gasteiger partial charge in [-0.05, 0) is 30.5 Å². The average Bonchev–Trinajstić information content (AvgIpc) is 3.08. The summed E-state index contributed by atoms with van der Waals surface area (Å²) in [5, 5.41) is 4.46. The Morgan fingerprint density at radius 3 is 2.48 bits per heavy atom. The number of ether oxygens (including phenoxy) is 1. The zero-order valence-electron chi connectivity index (χ0n) is 16.3. The molecule has 4 rings (SSSR count). The van der Waals surface area contributed by atoms with Gasteiger partial charge in [0.2, 0.25) is 0 Å². The van der Waals surface area contributed by atoms with Gasteiger partial charge >= 0.3 is 5.97 Å². The van der Waals surface area contributed by atoms with Crippen LogP contribution in [0, 0.1) is 6.92 Å². The van der Waals surface area contributed by atoms with Crippen LogP contribution in [0.25, 0.3) is 16.9 Å². The van der Waals surface area contributed by atoms with Crippen molar-refractivity contribution < 1.29 is 9.53 Å². The maximum atomic E-state index is 13.1. The van der Waals surface area contributed by atoms with Crippen LogP contribution in [0.15, 0.2) is 71.8 Å². The molecule has 0 amide bonds. The minimum atomic E-state index is -0.515. The monoisotopic (exact) mass is 387 g/mol. The predicted molar refractivity (Wildman–Crippen MR) is 111 cm³/mol. The first kappa shape index (κ1) is 18.7. The highest BCUT2D eigenvalue weighted by atomic mass is 16.5. The Hall–Kier alpha value is -3.67. The maximum Gasteiger partial charge on any atom is 0.341 e. The lowest BCUT2D eigenvalue weighted by Crippen LogP contribution is -2.16. The molecule has 0 unspecified atom stereocenters. The molecule has 0 fully saturated rings. The van der Waals surface area contributed by atoms with Crippen molar-refractivity contribution >= 4 is 5.97 Å². The molecule has 29 heavy (non-hydrogen) atoms. The summed E-state index contributed by atoms with van der Waals surface area (Å²) in [6.45, 7) is 2.54. The van der Waals surface area contributed by atoms with Crippen LogP contribution in [0.2, 0.25) is 0 Å². The van der Waals surface area contributed by atoms with Crippen molar-refractivity contribution in [2.24, 2.45) is 0 Å². The fraction of sp³-hybridized carbons (Fsp3) is 0.174. The minimum Gasteiger partial charge on any atom is -0.465 e. The second kappa shape index (κ2) is 7.75. The van der Waals surface area contributed by atoms with Crippen LogP contribution in [0.4, 0.5) is 0 Å². The van der Waals surface area contributed by atoms with Crippen molar-refractivity contribution in [2.75, 3.05) is 7.11 Å². The molecule has 0 saturated carbocycles. The van der Waals surface area contributed by atoms with Gasteiger partial charge in [0.1, 0.15) is 11.3 Å². The van der Waals surface area contributed by atoms with Crippen LogP contribution < -0.4 is 5.56 Å². The number of fused-ring (bicyclic) bond motifs is 1. The largest absolute Gasteiger partial charge is 0.465 e. The van der Waals surface area contributed by atoms with E-state index in [2.05, 4.69) is 17.2 Å². The number of rotatable bonds is 5. The zero-order valence-corrected chi connectivity index (χ0v) is 16.3. The Bertz CT molecular complexity index is 1190. The normalized spacial score (nSPS) is 11.0. The quantitative estimate of drug-likeness (QED) is 0.492. The van der Waals surface area contributed by atoms with Gasteiger partial charge in [0.05, 0.1) is 18.4 Å². The van der Waals surface area contributed by atoms with E-state index in [1.807, 2.05) is 54.0 Å². The van der Waals surface area contributed by atoms with E-state index in [4.69, 9.17) is 4.74 Å². The van der Waals surface area contributed by atoms with Crippen LogP contribution in [0.5, 0.6) is 0 Å². The molecule has 2 aliphatic rings. The SMILES string of the molecule is COC(=O)c1cn(CCc2ccccc2)cc2c(=O)n(-c3ccccc3C)nc1-2. The van der Waals surface area contributed by atoms with E-state index in [0.717, 1.165) is 12.0 Å². The van der Waals surface area contributed by atoms with Crippen LogP contribution in [-0.2, 0) is 17.7 Å². The predicted octanol–water partition coefficient (Wildman–Crippen LogP) is 3.48. The topological polar surface area (TPSA) is 66.1 Å². The molecule has 6 heteroatoms. The fourth-order valence-corrected chi connectivity index (χ4v) is 3.42. The van der Waals surface area contributed by atoms with E-state index in [-0.39, 0.29) is 11.1 Å². The molecule has 0 bridgehead atoms. The zero-order chi connectivity index (χ0) is 20.4. The standard InChI is InChI=1S/C23H21N3O3/c1-16-8-6-7-11-20(16)26-22(27)18-14-25(13-12-17-9-4-3-5-10-17)15-19(21(18)24-26)23(28)29-2/h3-11,14-15H,12-13H2,1-2H3. The van der Waals surface area contributed by atoms with E-state index in [1.165, 1.54) is 17.4 Å². The van der Waals surface area contributed by atoms with E-state index >= 15 is 0 Å². The van der Waals surface area contributed by atoms with Gasteiger partial charge in [-0.1, -0.05) is 48.5 Å². The van der Waals surface area contributed by atoms with E-state index < -0.39 is 5.97 Å². The maximum absolute atomic E-state index is 13.1. The summed E-state index contributed by atoms with van der Waals surface area (Å²) in [5.41, 5.74) is 3.56. The smallest absolute Gasteiger partial charge is 0.341 e. The molecule has 6 nitrogen and oxygen atoms in total. The summed E-state index contributed by atoms with van der Waals surface area (Å²) < 4.78 is 8.15. The number of aryl methyl sites for hydroxylation is 3. The van der Waals surface area contributed by atoms with Crippen LogP contribution in [0.1, 0.15) is 21.5 Å². The molecule has 2 heterocycles. The summed E-state index contributed by atoms with van der Waals surface area (Å²) in [4.78, 5) is 25.5. The van der Waals surface area contributed by atoms with Crippen molar-refractivity contribution in [3.8, 4) is 16.9 Å². The molecule has 2 aromatic rings. The summed E-state index contributed by atoms with van der Waals surface area (Å²) in [6, 6.07) is 17.6. The lowest BCUT2D eigenvalue weighted by atomic mass is 10.1. The Morgan fingerprint density at radius 2 is 1.76 bits per heavy atom. The third-order valence-electron chi connectivity index (χ3n) is 4.97. The van der Waals surface area contributed by atoms with Crippen molar-refractivity contribution in [3.63, 3.8) is 0 Å². The van der Waals surface area contributed by atoms with E-state index in [9.17, 15) is 9.59 Å². The van der Waals surface area contributed by atoms with Crippen molar-refractivity contribution in [2.45, 2.75) is 19.9 Å². The summed E-state index contributed by atoms with van der Waals surface area (Å²) in [5.74, 6) is -0.515. The fourth-order valence-electron chi connectivity index (χ4n) is 3.42. The molecule has 146 valence electrons. The Balaban J connectivity index is 1.82. The summed E-state index contributed by atoms with van der Waals surface area (Å²) in [7, 11) is 1.33. The molecule has 0 spiro atoms. The van der Waals surface area contributed by atoms with Gasteiger partial charge in [-0.2, -0.15) is 9.78 Å². The van der Waals surface area contributed by atoms with Crippen molar-refractivity contribution in [1.29, 1.82) is 0 Å². The van der Waals surface area contributed by atoms with Crippen LogP contribution >= 0.6 is 0 Å². The van der Waals surface area contributed by atoms with Gasteiger partial charge in [0.15, 0.2) is 0 Å². The molecule has 0 aliphatic carbocycles. The van der Waals surface area contributed by atoms with E-state index in [1.54, 1.807) is 12.4 Å². The van der Waals surface area contributed by atoms with Crippen molar-refractivity contribution in [1.82, 2.24) is 14.3 Å². The first-order valence-corrected chi connectivity index (χ1v) is 9.39. The first-order chi connectivity index (χ1) is 14.1. The van der Waals surface area contributed by atoms with Gasteiger partial charge in [-0.15, -0.1) is 0 Å². The molecular weight excluding hydrogens is 366 g/mol. The molecule has 2 aliphatic heterocycles. The first-order valence-electron chi connectivity index (χ1n) is 9.39. The van der Waals surface area contributed by atoms with Gasteiger partial charge < -0.3 is 9.30 Å². The molecule has 0 atom stereocenters. The molecule has 0 aromatic heterocycles. The molecular formula is C23H21N3O3. The number of hydrogen-bond donors (Lipinski definition) is 0. The lowest BCUT2D eigenvalue weighted by molar-refractivity contribution is 0.0600. The number of methoxy groups -OCH3 is 1.